The van der Waals surface area contributed by atoms with Crippen LogP contribution in [-0.2, 0) is 0 Å². The standard InChI is InChI=1S/C19H22N2O.ClH/c1-14-7-8-17(20)13-18(14)19(22)21-11-9-16(10-12-21)15-5-3-2-4-6-15;/h2-8,13,16H,9-12,20H2,1H3;1H. The number of benzene rings is 2. The Balaban J connectivity index is 0.00000192. The minimum Gasteiger partial charge on any atom is -0.399 e. The molecule has 1 amide bonds. The van der Waals surface area contributed by atoms with Crippen LogP contribution in [0.5, 0.6) is 0 Å². The van der Waals surface area contributed by atoms with Gasteiger partial charge in [-0.25, -0.2) is 0 Å². The van der Waals surface area contributed by atoms with Crippen molar-refractivity contribution >= 4 is 24.0 Å². The molecule has 0 spiro atoms. The fourth-order valence-corrected chi connectivity index (χ4v) is 3.18. The number of hydrogen-bond acceptors (Lipinski definition) is 2. The summed E-state index contributed by atoms with van der Waals surface area (Å²) in [5.74, 6) is 0.670. The molecule has 122 valence electrons. The second kappa shape index (κ2) is 7.51. The van der Waals surface area contributed by atoms with Gasteiger partial charge in [0, 0.05) is 24.3 Å². The number of carbonyl (C=O) groups is 1. The lowest BCUT2D eigenvalue weighted by Crippen LogP contribution is -2.38. The van der Waals surface area contributed by atoms with E-state index in [-0.39, 0.29) is 18.3 Å². The SMILES string of the molecule is Cc1ccc(N)cc1C(=O)N1CCC(c2ccccc2)CC1.Cl. The number of hydrogen-bond donors (Lipinski definition) is 1. The molecule has 2 N–H and O–H groups in total. The van der Waals surface area contributed by atoms with E-state index in [1.165, 1.54) is 5.56 Å². The molecule has 0 atom stereocenters. The fourth-order valence-electron chi connectivity index (χ4n) is 3.18. The van der Waals surface area contributed by atoms with E-state index in [4.69, 9.17) is 5.73 Å². The second-order valence-electron chi connectivity index (χ2n) is 6.05. The number of anilines is 1. The molecule has 1 aliphatic rings. The Morgan fingerprint density at radius 2 is 1.74 bits per heavy atom. The highest BCUT2D eigenvalue weighted by molar-refractivity contribution is 5.96. The lowest BCUT2D eigenvalue weighted by molar-refractivity contribution is 0.0712. The molecule has 0 aromatic heterocycles. The molecular weight excluding hydrogens is 308 g/mol. The third kappa shape index (κ3) is 3.85. The van der Waals surface area contributed by atoms with Crippen molar-refractivity contribution in [1.82, 2.24) is 4.90 Å². The van der Waals surface area contributed by atoms with Crippen molar-refractivity contribution in [2.75, 3.05) is 18.8 Å². The maximum atomic E-state index is 12.7. The molecule has 1 saturated heterocycles. The molecule has 1 heterocycles. The molecule has 2 aromatic carbocycles. The summed E-state index contributed by atoms with van der Waals surface area (Å²) in [4.78, 5) is 14.6. The molecule has 4 heteroatoms. The minimum atomic E-state index is 0. The van der Waals surface area contributed by atoms with Crippen molar-refractivity contribution in [2.45, 2.75) is 25.7 Å². The van der Waals surface area contributed by atoms with Crippen LogP contribution in [0.15, 0.2) is 48.5 Å². The number of aryl methyl sites for hydroxylation is 1. The summed E-state index contributed by atoms with van der Waals surface area (Å²) in [7, 11) is 0. The summed E-state index contributed by atoms with van der Waals surface area (Å²) in [5, 5.41) is 0. The van der Waals surface area contributed by atoms with Gasteiger partial charge in [0.1, 0.15) is 0 Å². The summed E-state index contributed by atoms with van der Waals surface area (Å²) in [6.45, 7) is 3.59. The Morgan fingerprint density at radius 1 is 1.09 bits per heavy atom. The predicted molar refractivity (Wildman–Crippen MR) is 97.2 cm³/mol. The molecular formula is C19H23ClN2O. The van der Waals surface area contributed by atoms with E-state index in [2.05, 4.69) is 24.3 Å². The van der Waals surface area contributed by atoms with Crippen LogP contribution in [-0.4, -0.2) is 23.9 Å². The van der Waals surface area contributed by atoms with Gasteiger partial charge in [-0.3, -0.25) is 4.79 Å². The molecule has 2 aromatic rings. The van der Waals surface area contributed by atoms with Crippen LogP contribution in [0.4, 0.5) is 5.69 Å². The Kier molecular flexibility index (Phi) is 5.67. The van der Waals surface area contributed by atoms with E-state index in [0.29, 0.717) is 11.6 Å². The summed E-state index contributed by atoms with van der Waals surface area (Å²) < 4.78 is 0. The van der Waals surface area contributed by atoms with Crippen molar-refractivity contribution in [2.24, 2.45) is 0 Å². The smallest absolute Gasteiger partial charge is 0.254 e. The van der Waals surface area contributed by atoms with Gasteiger partial charge in [-0.1, -0.05) is 36.4 Å². The molecule has 23 heavy (non-hydrogen) atoms. The average molecular weight is 331 g/mol. The highest BCUT2D eigenvalue weighted by Crippen LogP contribution is 2.28. The molecule has 3 rings (SSSR count). The molecule has 0 radical (unpaired) electrons. The molecule has 0 bridgehead atoms. The van der Waals surface area contributed by atoms with E-state index in [1.807, 2.05) is 30.0 Å². The fraction of sp³-hybridized carbons (Fsp3) is 0.316. The van der Waals surface area contributed by atoms with Crippen molar-refractivity contribution in [3.8, 4) is 0 Å². The Morgan fingerprint density at radius 3 is 2.39 bits per heavy atom. The third-order valence-electron chi connectivity index (χ3n) is 4.55. The molecule has 0 saturated carbocycles. The maximum absolute atomic E-state index is 12.7. The van der Waals surface area contributed by atoms with Crippen molar-refractivity contribution < 1.29 is 4.79 Å². The van der Waals surface area contributed by atoms with E-state index >= 15 is 0 Å². The van der Waals surface area contributed by atoms with E-state index in [0.717, 1.165) is 37.1 Å². The van der Waals surface area contributed by atoms with Gasteiger partial charge in [-0.15, -0.1) is 12.4 Å². The highest BCUT2D eigenvalue weighted by Gasteiger charge is 2.25. The van der Waals surface area contributed by atoms with Gasteiger partial charge in [0.2, 0.25) is 0 Å². The second-order valence-corrected chi connectivity index (χ2v) is 6.05. The zero-order valence-electron chi connectivity index (χ0n) is 13.4. The first-order valence-electron chi connectivity index (χ1n) is 7.85. The van der Waals surface area contributed by atoms with E-state index in [9.17, 15) is 4.79 Å². The normalized spacial score (nSPS) is 15.1. The Bertz CT molecular complexity index is 664. The number of nitrogens with zero attached hydrogens (tertiary/aromatic N) is 1. The van der Waals surface area contributed by atoms with Gasteiger partial charge >= 0.3 is 0 Å². The van der Waals surface area contributed by atoms with Crippen LogP contribution in [0.3, 0.4) is 0 Å². The van der Waals surface area contributed by atoms with Gasteiger partial charge in [-0.2, -0.15) is 0 Å². The first-order valence-corrected chi connectivity index (χ1v) is 7.85. The monoisotopic (exact) mass is 330 g/mol. The van der Waals surface area contributed by atoms with Crippen LogP contribution >= 0.6 is 12.4 Å². The highest BCUT2D eigenvalue weighted by atomic mass is 35.5. The molecule has 0 unspecified atom stereocenters. The lowest BCUT2D eigenvalue weighted by Gasteiger charge is -2.32. The van der Waals surface area contributed by atoms with Crippen LogP contribution in [0.1, 0.15) is 40.2 Å². The molecule has 1 fully saturated rings. The average Bonchev–Trinajstić information content (AvgIpc) is 2.57. The number of nitrogen functional groups attached to an aromatic ring is 1. The number of rotatable bonds is 2. The number of halogens is 1. The van der Waals surface area contributed by atoms with Crippen molar-refractivity contribution in [1.29, 1.82) is 0 Å². The van der Waals surface area contributed by atoms with Crippen LogP contribution in [0.2, 0.25) is 0 Å². The van der Waals surface area contributed by atoms with Crippen LogP contribution < -0.4 is 5.73 Å². The van der Waals surface area contributed by atoms with Crippen LogP contribution in [0, 0.1) is 6.92 Å². The van der Waals surface area contributed by atoms with Crippen LogP contribution in [0.25, 0.3) is 0 Å². The maximum Gasteiger partial charge on any atom is 0.254 e. The predicted octanol–water partition coefficient (Wildman–Crippen LogP) is 4.02. The molecule has 3 nitrogen and oxygen atoms in total. The zero-order chi connectivity index (χ0) is 15.5. The Hall–Kier alpha value is -2.00. The Labute approximate surface area is 143 Å². The van der Waals surface area contributed by atoms with E-state index < -0.39 is 0 Å². The number of amides is 1. The molecule has 1 aliphatic heterocycles. The van der Waals surface area contributed by atoms with Crippen molar-refractivity contribution in [3.05, 3.63) is 65.2 Å². The zero-order valence-corrected chi connectivity index (χ0v) is 14.2. The van der Waals surface area contributed by atoms with E-state index in [1.54, 1.807) is 6.07 Å². The lowest BCUT2D eigenvalue weighted by atomic mass is 9.89. The van der Waals surface area contributed by atoms with Gasteiger partial charge in [0.25, 0.3) is 5.91 Å². The third-order valence-corrected chi connectivity index (χ3v) is 4.55. The van der Waals surface area contributed by atoms with Crippen molar-refractivity contribution in [3.63, 3.8) is 0 Å². The minimum absolute atomic E-state index is 0. The summed E-state index contributed by atoms with van der Waals surface area (Å²) in [6, 6.07) is 16.1. The van der Waals surface area contributed by atoms with Gasteiger partial charge in [-0.05, 0) is 48.9 Å². The number of nitrogens with two attached hydrogens (primary N) is 1. The van der Waals surface area contributed by atoms with Gasteiger partial charge < -0.3 is 10.6 Å². The van der Waals surface area contributed by atoms with Gasteiger partial charge in [0.15, 0.2) is 0 Å². The largest absolute Gasteiger partial charge is 0.399 e. The number of carbonyl (C=O) groups excluding carboxylic acids is 1. The first-order chi connectivity index (χ1) is 10.6. The summed E-state index contributed by atoms with van der Waals surface area (Å²) in [6.07, 6.45) is 2.05. The number of piperidine rings is 1. The topological polar surface area (TPSA) is 46.3 Å². The molecule has 0 aliphatic carbocycles. The quantitative estimate of drug-likeness (QED) is 0.845. The summed E-state index contributed by atoms with van der Waals surface area (Å²) >= 11 is 0. The van der Waals surface area contributed by atoms with Gasteiger partial charge in [0.05, 0.1) is 0 Å². The first kappa shape index (κ1) is 17.4. The summed E-state index contributed by atoms with van der Waals surface area (Å²) in [5.41, 5.74) is 9.58. The number of likely N-dealkylation sites (tertiary alicyclic amines) is 1.